The van der Waals surface area contributed by atoms with Gasteiger partial charge in [-0.3, -0.25) is 13.9 Å². The van der Waals surface area contributed by atoms with Crippen molar-refractivity contribution in [1.82, 2.24) is 10.2 Å². The molecule has 7 nitrogen and oxygen atoms in total. The summed E-state index contributed by atoms with van der Waals surface area (Å²) in [6, 6.07) is 30.8. The van der Waals surface area contributed by atoms with Gasteiger partial charge < -0.3 is 10.2 Å². The quantitative estimate of drug-likeness (QED) is 0.178. The van der Waals surface area contributed by atoms with Crippen LogP contribution >= 0.6 is 11.6 Å². The first-order chi connectivity index (χ1) is 21.2. The molecule has 0 aliphatic rings. The summed E-state index contributed by atoms with van der Waals surface area (Å²) in [5.41, 5.74) is 3.04. The van der Waals surface area contributed by atoms with Crippen LogP contribution in [0.25, 0.3) is 0 Å². The highest BCUT2D eigenvalue weighted by atomic mass is 35.5. The first-order valence-corrected chi connectivity index (χ1v) is 16.6. The topological polar surface area (TPSA) is 86.8 Å². The average Bonchev–Trinajstić information content (AvgIpc) is 3.05. The number of rotatable bonds is 14. The molecular weight excluding hydrogens is 594 g/mol. The standard InChI is InChI=1S/C35H38ClN3O4S/c1-3-23-37-35(41)33(24-28-11-7-5-8-12-28)38(25-29-15-19-30(36)20-16-29)34(40)26-39(31-21-17-27(4-2)18-22-31)44(42,43)32-13-9-6-10-14-32/h5-22,33H,3-4,23-26H2,1-2H3,(H,37,41). The molecule has 0 bridgehead atoms. The van der Waals surface area contributed by atoms with E-state index in [0.717, 1.165) is 33.8 Å². The molecule has 4 aromatic carbocycles. The molecule has 230 valence electrons. The van der Waals surface area contributed by atoms with Gasteiger partial charge in [0.25, 0.3) is 10.0 Å². The number of carbonyl (C=O) groups excluding carboxylic acids is 2. The molecular formula is C35H38ClN3O4S. The van der Waals surface area contributed by atoms with Crippen molar-refractivity contribution in [3.05, 3.63) is 131 Å². The summed E-state index contributed by atoms with van der Waals surface area (Å²) in [5, 5.41) is 3.50. The molecule has 0 heterocycles. The number of benzene rings is 4. The average molecular weight is 632 g/mol. The third-order valence-corrected chi connectivity index (χ3v) is 9.37. The minimum Gasteiger partial charge on any atom is -0.354 e. The lowest BCUT2D eigenvalue weighted by atomic mass is 10.0. The Labute approximate surface area is 265 Å². The Morgan fingerprint density at radius 2 is 1.36 bits per heavy atom. The summed E-state index contributed by atoms with van der Waals surface area (Å²) in [6.07, 6.45) is 1.77. The number of hydrogen-bond acceptors (Lipinski definition) is 4. The van der Waals surface area contributed by atoms with Crippen LogP contribution in [0.5, 0.6) is 0 Å². The number of carbonyl (C=O) groups is 2. The lowest BCUT2D eigenvalue weighted by molar-refractivity contribution is -0.140. The van der Waals surface area contributed by atoms with Crippen molar-refractivity contribution in [2.45, 2.75) is 50.6 Å². The van der Waals surface area contributed by atoms with Gasteiger partial charge in [-0.15, -0.1) is 0 Å². The molecule has 0 aliphatic heterocycles. The van der Waals surface area contributed by atoms with E-state index in [1.165, 1.54) is 17.0 Å². The smallest absolute Gasteiger partial charge is 0.264 e. The maximum absolute atomic E-state index is 14.4. The second kappa shape index (κ2) is 15.5. The van der Waals surface area contributed by atoms with Crippen LogP contribution < -0.4 is 9.62 Å². The summed E-state index contributed by atoms with van der Waals surface area (Å²) in [4.78, 5) is 29.7. The fourth-order valence-corrected chi connectivity index (χ4v) is 6.41. The van der Waals surface area contributed by atoms with E-state index in [4.69, 9.17) is 11.6 Å². The Morgan fingerprint density at radius 3 is 1.95 bits per heavy atom. The van der Waals surface area contributed by atoms with E-state index in [1.54, 1.807) is 54.6 Å². The zero-order valence-electron chi connectivity index (χ0n) is 25.0. The molecule has 0 saturated heterocycles. The van der Waals surface area contributed by atoms with Crippen LogP contribution in [0.1, 0.15) is 37.0 Å². The van der Waals surface area contributed by atoms with Crippen LogP contribution in [0.4, 0.5) is 5.69 Å². The zero-order chi connectivity index (χ0) is 31.5. The maximum Gasteiger partial charge on any atom is 0.264 e. The number of nitrogens with zero attached hydrogens (tertiary/aromatic N) is 2. The summed E-state index contributed by atoms with van der Waals surface area (Å²) in [5.74, 6) is -0.811. The molecule has 0 radical (unpaired) electrons. The molecule has 4 rings (SSSR count). The van der Waals surface area contributed by atoms with Crippen LogP contribution in [0.3, 0.4) is 0 Å². The van der Waals surface area contributed by atoms with Gasteiger partial charge in [-0.05, 0) is 65.9 Å². The second-order valence-corrected chi connectivity index (χ2v) is 12.8. The van der Waals surface area contributed by atoms with Crippen molar-refractivity contribution < 1.29 is 18.0 Å². The third kappa shape index (κ3) is 8.49. The highest BCUT2D eigenvalue weighted by molar-refractivity contribution is 7.92. The molecule has 1 unspecified atom stereocenters. The lowest BCUT2D eigenvalue weighted by Crippen LogP contribution is -2.53. The number of amides is 2. The summed E-state index contributed by atoms with van der Waals surface area (Å²) in [7, 11) is -4.13. The monoisotopic (exact) mass is 631 g/mol. The Morgan fingerprint density at radius 1 is 0.773 bits per heavy atom. The number of nitrogens with one attached hydrogen (secondary N) is 1. The van der Waals surface area contributed by atoms with Crippen LogP contribution in [0, 0.1) is 0 Å². The van der Waals surface area contributed by atoms with E-state index >= 15 is 0 Å². The van der Waals surface area contributed by atoms with Gasteiger partial charge >= 0.3 is 0 Å². The van der Waals surface area contributed by atoms with Crippen LogP contribution in [-0.2, 0) is 39.0 Å². The van der Waals surface area contributed by atoms with Gasteiger partial charge in [0.1, 0.15) is 12.6 Å². The van der Waals surface area contributed by atoms with Crippen molar-refractivity contribution in [3.63, 3.8) is 0 Å². The molecule has 9 heteroatoms. The minimum absolute atomic E-state index is 0.0677. The first kappa shape index (κ1) is 32.8. The van der Waals surface area contributed by atoms with E-state index < -0.39 is 28.5 Å². The fraction of sp³-hybridized carbons (Fsp3) is 0.257. The fourth-order valence-electron chi connectivity index (χ4n) is 4.85. The normalized spacial score (nSPS) is 11.9. The largest absolute Gasteiger partial charge is 0.354 e. The highest BCUT2D eigenvalue weighted by Crippen LogP contribution is 2.26. The van der Waals surface area contributed by atoms with E-state index in [-0.39, 0.29) is 23.8 Å². The van der Waals surface area contributed by atoms with Gasteiger partial charge in [0.2, 0.25) is 11.8 Å². The van der Waals surface area contributed by atoms with Crippen LogP contribution in [0.15, 0.2) is 114 Å². The summed E-state index contributed by atoms with van der Waals surface area (Å²) >= 11 is 6.14. The van der Waals surface area contributed by atoms with Gasteiger partial charge in [-0.25, -0.2) is 8.42 Å². The molecule has 1 atom stereocenters. The molecule has 0 spiro atoms. The van der Waals surface area contributed by atoms with E-state index in [9.17, 15) is 18.0 Å². The summed E-state index contributed by atoms with van der Waals surface area (Å²) in [6.45, 7) is 4.01. The zero-order valence-corrected chi connectivity index (χ0v) is 26.6. The molecule has 0 fully saturated rings. The van der Waals surface area contributed by atoms with Crippen LogP contribution in [0.2, 0.25) is 5.02 Å². The Hall–Kier alpha value is -4.14. The maximum atomic E-state index is 14.4. The number of sulfonamides is 1. The van der Waals surface area contributed by atoms with Gasteiger partial charge in [0.15, 0.2) is 0 Å². The number of halogens is 1. The minimum atomic E-state index is -4.13. The van der Waals surface area contributed by atoms with Crippen LogP contribution in [-0.4, -0.2) is 44.3 Å². The van der Waals surface area contributed by atoms with Crippen molar-refractivity contribution >= 4 is 39.1 Å². The third-order valence-electron chi connectivity index (χ3n) is 7.33. The van der Waals surface area contributed by atoms with Gasteiger partial charge in [-0.1, -0.05) is 98.2 Å². The number of anilines is 1. The number of hydrogen-bond donors (Lipinski definition) is 1. The summed E-state index contributed by atoms with van der Waals surface area (Å²) < 4.78 is 29.2. The molecule has 44 heavy (non-hydrogen) atoms. The Kier molecular flexibility index (Phi) is 11.6. The van der Waals surface area contributed by atoms with E-state index in [0.29, 0.717) is 17.3 Å². The van der Waals surface area contributed by atoms with Crippen molar-refractivity contribution in [3.8, 4) is 0 Å². The SMILES string of the molecule is CCCNC(=O)C(Cc1ccccc1)N(Cc1ccc(Cl)cc1)C(=O)CN(c1ccc(CC)cc1)S(=O)(=O)c1ccccc1. The van der Waals surface area contributed by atoms with Gasteiger partial charge in [-0.2, -0.15) is 0 Å². The van der Waals surface area contributed by atoms with Gasteiger partial charge in [0.05, 0.1) is 10.6 Å². The van der Waals surface area contributed by atoms with Crippen molar-refractivity contribution in [1.29, 1.82) is 0 Å². The highest BCUT2D eigenvalue weighted by Gasteiger charge is 2.34. The lowest BCUT2D eigenvalue weighted by Gasteiger charge is -2.34. The first-order valence-electron chi connectivity index (χ1n) is 14.7. The molecule has 1 N–H and O–H groups in total. The second-order valence-electron chi connectivity index (χ2n) is 10.5. The van der Waals surface area contributed by atoms with E-state index in [2.05, 4.69) is 5.32 Å². The molecule has 0 aromatic heterocycles. The Balaban J connectivity index is 1.78. The van der Waals surface area contributed by atoms with Crippen molar-refractivity contribution in [2.75, 3.05) is 17.4 Å². The predicted molar refractivity (Wildman–Crippen MR) is 176 cm³/mol. The number of aryl methyl sites for hydroxylation is 1. The van der Waals surface area contributed by atoms with E-state index in [1.807, 2.05) is 56.3 Å². The van der Waals surface area contributed by atoms with Gasteiger partial charge in [0, 0.05) is 24.5 Å². The van der Waals surface area contributed by atoms with Crippen molar-refractivity contribution in [2.24, 2.45) is 0 Å². The Bertz CT molecular complexity index is 1610. The molecule has 4 aromatic rings. The molecule has 0 saturated carbocycles. The predicted octanol–water partition coefficient (Wildman–Crippen LogP) is 6.26. The molecule has 2 amide bonds. The molecule has 0 aliphatic carbocycles.